The third-order valence-corrected chi connectivity index (χ3v) is 3.64. The molecule has 1 unspecified atom stereocenters. The summed E-state index contributed by atoms with van der Waals surface area (Å²) in [6.45, 7) is 4.37. The SMILES string of the molecule is COc1cccc(CCNC2CC(=O)N(C(C)C)C2=O)c1. The number of amides is 2. The van der Waals surface area contributed by atoms with E-state index in [0.717, 1.165) is 17.7 Å². The minimum absolute atomic E-state index is 0.0739. The second kappa shape index (κ2) is 6.72. The van der Waals surface area contributed by atoms with Crippen LogP contribution in [0.5, 0.6) is 5.75 Å². The zero-order valence-electron chi connectivity index (χ0n) is 12.8. The van der Waals surface area contributed by atoms with E-state index in [1.54, 1.807) is 7.11 Å². The molecule has 5 nitrogen and oxygen atoms in total. The monoisotopic (exact) mass is 290 g/mol. The summed E-state index contributed by atoms with van der Waals surface area (Å²) in [6.07, 6.45) is 1.05. The van der Waals surface area contributed by atoms with Gasteiger partial charge in [-0.25, -0.2) is 0 Å². The molecule has 0 radical (unpaired) electrons. The predicted octanol–water partition coefficient (Wildman–Crippen LogP) is 1.36. The zero-order valence-corrected chi connectivity index (χ0v) is 12.8. The summed E-state index contributed by atoms with van der Waals surface area (Å²) in [5.74, 6) is 0.625. The molecule has 0 spiro atoms. The second-order valence-electron chi connectivity index (χ2n) is 5.51. The molecule has 0 bridgehead atoms. The number of nitrogens with zero attached hydrogens (tertiary/aromatic N) is 1. The van der Waals surface area contributed by atoms with Crippen LogP contribution in [0.4, 0.5) is 0 Å². The van der Waals surface area contributed by atoms with Gasteiger partial charge in [-0.1, -0.05) is 12.1 Å². The summed E-state index contributed by atoms with van der Waals surface area (Å²) in [6, 6.07) is 7.38. The molecule has 2 amide bonds. The average Bonchev–Trinajstić information content (AvgIpc) is 2.74. The zero-order chi connectivity index (χ0) is 15.4. The van der Waals surface area contributed by atoms with Gasteiger partial charge < -0.3 is 10.1 Å². The molecule has 1 aromatic carbocycles. The summed E-state index contributed by atoms with van der Waals surface area (Å²) in [5, 5.41) is 3.18. The Hall–Kier alpha value is -1.88. The maximum atomic E-state index is 12.1. The number of methoxy groups -OCH3 is 1. The van der Waals surface area contributed by atoms with Crippen molar-refractivity contribution in [2.45, 2.75) is 38.8 Å². The third kappa shape index (κ3) is 3.61. The van der Waals surface area contributed by atoms with Gasteiger partial charge in [-0.3, -0.25) is 14.5 Å². The van der Waals surface area contributed by atoms with Crippen molar-refractivity contribution in [2.75, 3.05) is 13.7 Å². The maximum Gasteiger partial charge on any atom is 0.247 e. The third-order valence-electron chi connectivity index (χ3n) is 3.64. The summed E-state index contributed by atoms with van der Waals surface area (Å²) in [5.41, 5.74) is 1.14. The molecule has 0 aliphatic carbocycles. The fraction of sp³-hybridized carbons (Fsp3) is 0.500. The molecule has 1 fully saturated rings. The topological polar surface area (TPSA) is 58.6 Å². The first kappa shape index (κ1) is 15.5. The number of rotatable bonds is 6. The molecule has 5 heteroatoms. The molecule has 0 saturated carbocycles. The lowest BCUT2D eigenvalue weighted by Gasteiger charge is -2.19. The van der Waals surface area contributed by atoms with E-state index in [-0.39, 0.29) is 30.3 Å². The van der Waals surface area contributed by atoms with Crippen molar-refractivity contribution >= 4 is 11.8 Å². The van der Waals surface area contributed by atoms with Gasteiger partial charge in [-0.2, -0.15) is 0 Å². The first-order valence-electron chi connectivity index (χ1n) is 7.25. The van der Waals surface area contributed by atoms with Crippen molar-refractivity contribution in [3.8, 4) is 5.75 Å². The Bertz CT molecular complexity index is 528. The van der Waals surface area contributed by atoms with Crippen molar-refractivity contribution in [1.82, 2.24) is 10.2 Å². The molecule has 1 N–H and O–H groups in total. The lowest BCUT2D eigenvalue weighted by Crippen LogP contribution is -2.42. The van der Waals surface area contributed by atoms with Gasteiger partial charge in [0.2, 0.25) is 11.8 Å². The van der Waals surface area contributed by atoms with Crippen molar-refractivity contribution in [1.29, 1.82) is 0 Å². The fourth-order valence-electron chi connectivity index (χ4n) is 2.57. The van der Waals surface area contributed by atoms with Crippen LogP contribution in [-0.2, 0) is 16.0 Å². The van der Waals surface area contributed by atoms with Gasteiger partial charge in [0.1, 0.15) is 5.75 Å². The normalized spacial score (nSPS) is 18.7. The second-order valence-corrected chi connectivity index (χ2v) is 5.51. The molecule has 0 aromatic heterocycles. The van der Waals surface area contributed by atoms with E-state index in [1.807, 2.05) is 38.1 Å². The van der Waals surface area contributed by atoms with Gasteiger partial charge in [-0.05, 0) is 44.5 Å². The smallest absolute Gasteiger partial charge is 0.247 e. The van der Waals surface area contributed by atoms with E-state index in [9.17, 15) is 9.59 Å². The Morgan fingerprint density at radius 1 is 1.38 bits per heavy atom. The van der Waals surface area contributed by atoms with Gasteiger partial charge in [0.15, 0.2) is 0 Å². The minimum Gasteiger partial charge on any atom is -0.497 e. The van der Waals surface area contributed by atoms with Crippen molar-refractivity contribution < 1.29 is 14.3 Å². The minimum atomic E-state index is -0.384. The van der Waals surface area contributed by atoms with Crippen molar-refractivity contribution in [3.05, 3.63) is 29.8 Å². The maximum absolute atomic E-state index is 12.1. The van der Waals surface area contributed by atoms with Gasteiger partial charge in [-0.15, -0.1) is 0 Å². The number of likely N-dealkylation sites (tertiary alicyclic amines) is 1. The number of carbonyl (C=O) groups excluding carboxylic acids is 2. The summed E-state index contributed by atoms with van der Waals surface area (Å²) in [4.78, 5) is 25.3. The van der Waals surface area contributed by atoms with Crippen LogP contribution in [0.15, 0.2) is 24.3 Å². The first-order chi connectivity index (χ1) is 10.0. The van der Waals surface area contributed by atoms with Crippen molar-refractivity contribution in [3.63, 3.8) is 0 Å². The molecular formula is C16H22N2O3. The number of hydrogen-bond donors (Lipinski definition) is 1. The lowest BCUT2D eigenvalue weighted by atomic mass is 10.1. The number of ether oxygens (including phenoxy) is 1. The Morgan fingerprint density at radius 3 is 2.76 bits per heavy atom. The number of hydrogen-bond acceptors (Lipinski definition) is 4. The first-order valence-corrected chi connectivity index (χ1v) is 7.25. The highest BCUT2D eigenvalue weighted by Gasteiger charge is 2.39. The van der Waals surface area contributed by atoms with E-state index in [2.05, 4.69) is 5.32 Å². The van der Waals surface area contributed by atoms with Crippen molar-refractivity contribution in [2.24, 2.45) is 0 Å². The van der Waals surface area contributed by atoms with Crippen LogP contribution in [0.25, 0.3) is 0 Å². The Kier molecular flexibility index (Phi) is 4.96. The van der Waals surface area contributed by atoms with Crippen LogP contribution in [0.2, 0.25) is 0 Å². The molecule has 21 heavy (non-hydrogen) atoms. The van der Waals surface area contributed by atoms with E-state index in [1.165, 1.54) is 4.90 Å². The molecule has 114 valence electrons. The number of imide groups is 1. The summed E-state index contributed by atoms with van der Waals surface area (Å²) in [7, 11) is 1.64. The Morgan fingerprint density at radius 2 is 2.14 bits per heavy atom. The van der Waals surface area contributed by atoms with E-state index in [0.29, 0.717) is 6.54 Å². The number of nitrogens with one attached hydrogen (secondary N) is 1. The molecule has 2 rings (SSSR count). The van der Waals surface area contributed by atoms with E-state index in [4.69, 9.17) is 4.74 Å². The predicted molar refractivity (Wildman–Crippen MR) is 80.1 cm³/mol. The molecule has 1 atom stereocenters. The largest absolute Gasteiger partial charge is 0.497 e. The lowest BCUT2D eigenvalue weighted by molar-refractivity contribution is -0.140. The molecular weight excluding hydrogens is 268 g/mol. The van der Waals surface area contributed by atoms with Crippen LogP contribution in [0.3, 0.4) is 0 Å². The van der Waals surface area contributed by atoms with Crippen LogP contribution in [-0.4, -0.2) is 42.5 Å². The number of carbonyl (C=O) groups is 2. The molecule has 1 aliphatic rings. The van der Waals surface area contributed by atoms with E-state index < -0.39 is 0 Å². The highest BCUT2D eigenvalue weighted by atomic mass is 16.5. The van der Waals surface area contributed by atoms with Crippen LogP contribution < -0.4 is 10.1 Å². The highest BCUT2D eigenvalue weighted by Crippen LogP contribution is 2.16. The van der Waals surface area contributed by atoms with Gasteiger partial charge >= 0.3 is 0 Å². The molecule has 1 aliphatic heterocycles. The Balaban J connectivity index is 1.86. The highest BCUT2D eigenvalue weighted by molar-refractivity contribution is 6.05. The fourth-order valence-corrected chi connectivity index (χ4v) is 2.57. The van der Waals surface area contributed by atoms with Crippen LogP contribution in [0.1, 0.15) is 25.8 Å². The number of benzene rings is 1. The average molecular weight is 290 g/mol. The van der Waals surface area contributed by atoms with Crippen LogP contribution in [0, 0.1) is 0 Å². The molecule has 1 saturated heterocycles. The molecule has 1 heterocycles. The summed E-state index contributed by atoms with van der Waals surface area (Å²) < 4.78 is 5.18. The quantitative estimate of drug-likeness (QED) is 0.804. The standard InChI is InChI=1S/C16H22N2O3/c1-11(2)18-15(19)10-14(16(18)20)17-8-7-12-5-4-6-13(9-12)21-3/h4-6,9,11,14,17H,7-8,10H2,1-3H3. The summed E-state index contributed by atoms with van der Waals surface area (Å²) >= 11 is 0. The molecule has 1 aromatic rings. The van der Waals surface area contributed by atoms with Gasteiger partial charge in [0.05, 0.1) is 19.6 Å². The Labute approximate surface area is 125 Å². The van der Waals surface area contributed by atoms with Gasteiger partial charge in [0.25, 0.3) is 0 Å². The van der Waals surface area contributed by atoms with Gasteiger partial charge in [0, 0.05) is 6.04 Å². The van der Waals surface area contributed by atoms with E-state index >= 15 is 0 Å². The van der Waals surface area contributed by atoms with Crippen LogP contribution >= 0.6 is 0 Å².